The van der Waals surface area contributed by atoms with Crippen LogP contribution in [-0.4, -0.2) is 13.2 Å². The Balaban J connectivity index is 1.45. The standard InChI is InChI=1S/C32H30O3/c1-5-15-27(16-6-1)19-13-25-33-31(29-21-9-3-10-22-29)35-32(30-23-11-4-12-24-30)34-26-14-20-28-17-7-2-8-18-28/h1-24,31-32H,25-26H2. The van der Waals surface area contributed by atoms with E-state index in [4.69, 9.17) is 14.2 Å². The zero-order valence-corrected chi connectivity index (χ0v) is 19.7. The molecule has 35 heavy (non-hydrogen) atoms. The number of ether oxygens (including phenoxy) is 3. The molecule has 4 rings (SSSR count). The molecule has 3 heteroatoms. The van der Waals surface area contributed by atoms with Gasteiger partial charge in [0.15, 0.2) is 12.6 Å². The van der Waals surface area contributed by atoms with E-state index in [-0.39, 0.29) is 0 Å². The molecule has 4 aromatic rings. The Kier molecular flexibility index (Phi) is 9.63. The highest BCUT2D eigenvalue weighted by atomic mass is 16.8. The van der Waals surface area contributed by atoms with Crippen LogP contribution in [0, 0.1) is 0 Å². The normalized spacial score (nSPS) is 13.3. The molecule has 2 unspecified atom stereocenters. The maximum atomic E-state index is 6.42. The topological polar surface area (TPSA) is 27.7 Å². The molecule has 0 aromatic heterocycles. The predicted octanol–water partition coefficient (Wildman–Crippen LogP) is 7.86. The molecular formula is C32H30O3. The van der Waals surface area contributed by atoms with Gasteiger partial charge in [0.1, 0.15) is 0 Å². The van der Waals surface area contributed by atoms with Crippen molar-refractivity contribution in [3.8, 4) is 0 Å². The Morgan fingerprint density at radius 3 is 1.17 bits per heavy atom. The molecular weight excluding hydrogens is 432 g/mol. The highest BCUT2D eigenvalue weighted by molar-refractivity contribution is 5.49. The Labute approximate surface area is 207 Å². The molecule has 0 fully saturated rings. The third kappa shape index (κ3) is 8.20. The first kappa shape index (κ1) is 24.4. The Morgan fingerprint density at radius 2 is 0.800 bits per heavy atom. The smallest absolute Gasteiger partial charge is 0.187 e. The molecule has 3 nitrogen and oxygen atoms in total. The highest BCUT2D eigenvalue weighted by Crippen LogP contribution is 2.29. The second-order valence-corrected chi connectivity index (χ2v) is 7.91. The Bertz CT molecular complexity index is 1060. The summed E-state index contributed by atoms with van der Waals surface area (Å²) in [6.45, 7) is 0.813. The minimum atomic E-state index is -0.583. The van der Waals surface area contributed by atoms with Crippen molar-refractivity contribution >= 4 is 12.2 Å². The summed E-state index contributed by atoms with van der Waals surface area (Å²) in [5.41, 5.74) is 4.13. The molecule has 0 amide bonds. The van der Waals surface area contributed by atoms with E-state index in [0.29, 0.717) is 13.2 Å². The average Bonchev–Trinajstić information content (AvgIpc) is 2.94. The van der Waals surface area contributed by atoms with E-state index in [0.717, 1.165) is 22.3 Å². The highest BCUT2D eigenvalue weighted by Gasteiger charge is 2.20. The molecule has 0 aliphatic carbocycles. The molecule has 0 radical (unpaired) electrons. The van der Waals surface area contributed by atoms with E-state index >= 15 is 0 Å². The van der Waals surface area contributed by atoms with Crippen LogP contribution < -0.4 is 0 Å². The first-order valence-corrected chi connectivity index (χ1v) is 11.8. The van der Waals surface area contributed by atoms with Crippen LogP contribution in [-0.2, 0) is 14.2 Å². The fourth-order valence-corrected chi connectivity index (χ4v) is 3.54. The molecule has 0 aliphatic rings. The minimum Gasteiger partial charge on any atom is -0.344 e. The first-order valence-electron chi connectivity index (χ1n) is 11.8. The lowest BCUT2D eigenvalue weighted by molar-refractivity contribution is -0.248. The molecule has 4 aromatic carbocycles. The predicted molar refractivity (Wildman–Crippen MR) is 142 cm³/mol. The number of benzene rings is 4. The van der Waals surface area contributed by atoms with Crippen molar-refractivity contribution in [1.82, 2.24) is 0 Å². The van der Waals surface area contributed by atoms with Crippen LogP contribution in [0.5, 0.6) is 0 Å². The van der Waals surface area contributed by atoms with Gasteiger partial charge in [-0.2, -0.15) is 0 Å². The quantitative estimate of drug-likeness (QED) is 0.201. The van der Waals surface area contributed by atoms with E-state index in [2.05, 4.69) is 24.3 Å². The van der Waals surface area contributed by atoms with Gasteiger partial charge in [0.2, 0.25) is 0 Å². The van der Waals surface area contributed by atoms with Crippen molar-refractivity contribution in [3.05, 3.63) is 156 Å². The number of rotatable bonds is 12. The van der Waals surface area contributed by atoms with Gasteiger partial charge in [-0.3, -0.25) is 0 Å². The SMILES string of the molecule is C(=Cc1ccccc1)COC(OC(OCC=Cc1ccccc1)c1ccccc1)c1ccccc1. The number of hydrogen-bond donors (Lipinski definition) is 0. The summed E-state index contributed by atoms with van der Waals surface area (Å²) in [6.07, 6.45) is 6.91. The van der Waals surface area contributed by atoms with Gasteiger partial charge < -0.3 is 14.2 Å². The van der Waals surface area contributed by atoms with Crippen LogP contribution in [0.15, 0.2) is 133 Å². The lowest BCUT2D eigenvalue weighted by Gasteiger charge is -2.25. The van der Waals surface area contributed by atoms with E-state index in [1.165, 1.54) is 0 Å². The molecule has 0 aliphatic heterocycles. The second kappa shape index (κ2) is 13.8. The van der Waals surface area contributed by atoms with Gasteiger partial charge in [-0.05, 0) is 11.1 Å². The van der Waals surface area contributed by atoms with E-state index < -0.39 is 12.6 Å². The first-order chi connectivity index (χ1) is 17.4. The van der Waals surface area contributed by atoms with Crippen molar-refractivity contribution < 1.29 is 14.2 Å². The molecule has 176 valence electrons. The largest absolute Gasteiger partial charge is 0.344 e. The van der Waals surface area contributed by atoms with Crippen molar-refractivity contribution in [1.29, 1.82) is 0 Å². The summed E-state index contributed by atoms with van der Waals surface area (Å²) in [7, 11) is 0. The second-order valence-electron chi connectivity index (χ2n) is 7.91. The van der Waals surface area contributed by atoms with Gasteiger partial charge in [0, 0.05) is 11.1 Å². The average molecular weight is 463 g/mol. The molecule has 0 saturated carbocycles. The Morgan fingerprint density at radius 1 is 0.457 bits per heavy atom. The van der Waals surface area contributed by atoms with Gasteiger partial charge >= 0.3 is 0 Å². The molecule has 0 heterocycles. The Hall–Kier alpha value is -3.76. The minimum absolute atomic E-state index is 0.407. The van der Waals surface area contributed by atoms with Crippen LogP contribution in [0.2, 0.25) is 0 Å². The molecule has 0 saturated heterocycles. The van der Waals surface area contributed by atoms with Crippen molar-refractivity contribution in [3.63, 3.8) is 0 Å². The van der Waals surface area contributed by atoms with Gasteiger partial charge in [0.25, 0.3) is 0 Å². The van der Waals surface area contributed by atoms with Crippen molar-refractivity contribution in [2.24, 2.45) is 0 Å². The van der Waals surface area contributed by atoms with Crippen LogP contribution in [0.4, 0.5) is 0 Å². The zero-order chi connectivity index (χ0) is 24.0. The monoisotopic (exact) mass is 462 g/mol. The van der Waals surface area contributed by atoms with E-state index in [1.54, 1.807) is 0 Å². The summed E-state index contributed by atoms with van der Waals surface area (Å²) < 4.78 is 18.8. The fraction of sp³-hybridized carbons (Fsp3) is 0.125. The van der Waals surface area contributed by atoms with Crippen LogP contribution in [0.25, 0.3) is 12.2 Å². The van der Waals surface area contributed by atoms with Crippen LogP contribution >= 0.6 is 0 Å². The molecule has 0 spiro atoms. The number of hydrogen-bond acceptors (Lipinski definition) is 3. The maximum absolute atomic E-state index is 6.42. The van der Waals surface area contributed by atoms with Gasteiger partial charge in [-0.15, -0.1) is 0 Å². The summed E-state index contributed by atoms with van der Waals surface area (Å²) in [5.74, 6) is 0. The summed E-state index contributed by atoms with van der Waals surface area (Å²) in [6, 6.07) is 40.2. The lowest BCUT2D eigenvalue weighted by Crippen LogP contribution is -2.16. The van der Waals surface area contributed by atoms with Crippen LogP contribution in [0.3, 0.4) is 0 Å². The third-order valence-corrected chi connectivity index (χ3v) is 5.30. The van der Waals surface area contributed by atoms with Crippen molar-refractivity contribution in [2.45, 2.75) is 12.6 Å². The van der Waals surface area contributed by atoms with Gasteiger partial charge in [-0.1, -0.05) is 146 Å². The van der Waals surface area contributed by atoms with E-state index in [9.17, 15) is 0 Å². The summed E-state index contributed by atoms with van der Waals surface area (Å²) in [4.78, 5) is 0. The summed E-state index contributed by atoms with van der Waals surface area (Å²) >= 11 is 0. The zero-order valence-electron chi connectivity index (χ0n) is 19.7. The van der Waals surface area contributed by atoms with Gasteiger partial charge in [-0.25, -0.2) is 0 Å². The summed E-state index contributed by atoms with van der Waals surface area (Å²) in [5, 5.41) is 0. The fourth-order valence-electron chi connectivity index (χ4n) is 3.54. The molecule has 0 N–H and O–H groups in total. The molecule has 0 bridgehead atoms. The lowest BCUT2D eigenvalue weighted by atomic mass is 10.2. The van der Waals surface area contributed by atoms with E-state index in [1.807, 2.05) is 121 Å². The third-order valence-electron chi connectivity index (χ3n) is 5.30. The molecule has 2 atom stereocenters. The van der Waals surface area contributed by atoms with Gasteiger partial charge in [0.05, 0.1) is 13.2 Å². The van der Waals surface area contributed by atoms with Crippen LogP contribution in [0.1, 0.15) is 34.8 Å². The van der Waals surface area contributed by atoms with Crippen molar-refractivity contribution in [2.75, 3.05) is 13.2 Å². The maximum Gasteiger partial charge on any atom is 0.187 e.